The van der Waals surface area contributed by atoms with Gasteiger partial charge >= 0.3 is 0 Å². The Morgan fingerprint density at radius 2 is 2.35 bits per heavy atom. The zero-order chi connectivity index (χ0) is 14.4. The average molecular weight is 282 g/mol. The number of hydrogen-bond acceptors (Lipinski definition) is 4. The summed E-state index contributed by atoms with van der Waals surface area (Å²) in [6.45, 7) is 4.98. The molecule has 0 aliphatic carbocycles. The first-order valence-electron chi connectivity index (χ1n) is 7.24. The maximum absolute atomic E-state index is 13.7. The summed E-state index contributed by atoms with van der Waals surface area (Å²) in [5.74, 6) is 0.457. The van der Waals surface area contributed by atoms with E-state index >= 15 is 0 Å². The van der Waals surface area contributed by atoms with Crippen molar-refractivity contribution in [3.05, 3.63) is 17.9 Å². The molecule has 4 nitrogen and oxygen atoms in total. The lowest BCUT2D eigenvalue weighted by molar-refractivity contribution is 0.185. The number of anilines is 2. The fraction of sp³-hybridized carbons (Fsp3) is 0.600. The lowest BCUT2D eigenvalue weighted by atomic mass is 10.1. The maximum Gasteiger partial charge on any atom is 0.167 e. The summed E-state index contributed by atoms with van der Waals surface area (Å²) >= 11 is 0. The monoisotopic (exact) mass is 282 g/mol. The van der Waals surface area contributed by atoms with Gasteiger partial charge in [-0.2, -0.15) is 0 Å². The quantitative estimate of drug-likeness (QED) is 0.755. The van der Waals surface area contributed by atoms with E-state index in [-0.39, 0.29) is 5.75 Å². The predicted octanol–water partition coefficient (Wildman–Crippen LogP) is 3.04. The summed E-state index contributed by atoms with van der Waals surface area (Å²) in [4.78, 5) is 0. The Kier molecular flexibility index (Phi) is 5.47. The molecule has 2 rings (SSSR count). The first-order chi connectivity index (χ1) is 9.70. The van der Waals surface area contributed by atoms with Crippen LogP contribution in [0, 0.1) is 11.7 Å². The van der Waals surface area contributed by atoms with Gasteiger partial charge in [0.15, 0.2) is 11.6 Å². The third kappa shape index (κ3) is 4.00. The van der Waals surface area contributed by atoms with E-state index in [2.05, 4.69) is 5.32 Å². The molecule has 1 unspecified atom stereocenters. The van der Waals surface area contributed by atoms with Crippen LogP contribution in [0.1, 0.15) is 26.2 Å². The van der Waals surface area contributed by atoms with Crippen LogP contribution < -0.4 is 15.8 Å². The highest BCUT2D eigenvalue weighted by molar-refractivity contribution is 5.68. The van der Waals surface area contributed by atoms with Gasteiger partial charge in [-0.25, -0.2) is 4.39 Å². The molecule has 1 heterocycles. The van der Waals surface area contributed by atoms with Crippen LogP contribution in [0.2, 0.25) is 0 Å². The van der Waals surface area contributed by atoms with E-state index in [0.29, 0.717) is 18.2 Å². The third-order valence-corrected chi connectivity index (χ3v) is 3.46. The predicted molar refractivity (Wildman–Crippen MR) is 78.6 cm³/mol. The molecule has 0 saturated carbocycles. The molecule has 0 aromatic heterocycles. The molecular formula is C15H23FN2O2. The second-order valence-electron chi connectivity index (χ2n) is 5.16. The van der Waals surface area contributed by atoms with Crippen LogP contribution in [0.15, 0.2) is 12.1 Å². The molecule has 1 aromatic rings. The van der Waals surface area contributed by atoms with E-state index in [1.165, 1.54) is 6.07 Å². The molecule has 0 bridgehead atoms. The Labute approximate surface area is 119 Å². The standard InChI is InChI=1S/C15H23FN2O2/c1-2-6-20-15-9-14(13(17)8-12(15)16)18-5-3-11-4-7-19-10-11/h8-9,11,18H,2-7,10,17H2,1H3. The SMILES string of the molecule is CCCOc1cc(NCCC2CCOC2)c(N)cc1F. The van der Waals surface area contributed by atoms with Crippen LogP contribution in [0.25, 0.3) is 0 Å². The molecule has 1 aromatic carbocycles. The van der Waals surface area contributed by atoms with Gasteiger partial charge in [-0.1, -0.05) is 6.92 Å². The van der Waals surface area contributed by atoms with Gasteiger partial charge in [0.2, 0.25) is 0 Å². The lowest BCUT2D eigenvalue weighted by Crippen LogP contribution is -2.10. The molecule has 1 aliphatic rings. The van der Waals surface area contributed by atoms with Crippen molar-refractivity contribution < 1.29 is 13.9 Å². The van der Waals surface area contributed by atoms with Gasteiger partial charge in [0, 0.05) is 31.9 Å². The van der Waals surface area contributed by atoms with Crippen LogP contribution in [-0.2, 0) is 4.74 Å². The number of hydrogen-bond donors (Lipinski definition) is 2. The Morgan fingerprint density at radius 1 is 1.50 bits per heavy atom. The van der Waals surface area contributed by atoms with E-state index < -0.39 is 5.82 Å². The summed E-state index contributed by atoms with van der Waals surface area (Å²) < 4.78 is 24.4. The van der Waals surface area contributed by atoms with E-state index in [4.69, 9.17) is 15.2 Å². The van der Waals surface area contributed by atoms with E-state index in [0.717, 1.165) is 44.7 Å². The molecule has 5 heteroatoms. The van der Waals surface area contributed by atoms with Crippen molar-refractivity contribution in [3.8, 4) is 5.75 Å². The number of ether oxygens (including phenoxy) is 2. The summed E-state index contributed by atoms with van der Waals surface area (Å²) in [6, 6.07) is 2.96. The van der Waals surface area contributed by atoms with Gasteiger partial charge in [-0.05, 0) is 25.2 Å². The van der Waals surface area contributed by atoms with E-state index in [9.17, 15) is 4.39 Å². The Morgan fingerprint density at radius 3 is 3.05 bits per heavy atom. The molecule has 1 atom stereocenters. The highest BCUT2D eigenvalue weighted by atomic mass is 19.1. The van der Waals surface area contributed by atoms with Gasteiger partial charge in [-0.3, -0.25) is 0 Å². The average Bonchev–Trinajstić information content (AvgIpc) is 2.93. The normalized spacial score (nSPS) is 18.2. The summed E-state index contributed by atoms with van der Waals surface area (Å²) in [5, 5.41) is 3.26. The number of rotatable bonds is 7. The zero-order valence-electron chi connectivity index (χ0n) is 12.0. The minimum atomic E-state index is -0.411. The van der Waals surface area contributed by atoms with Gasteiger partial charge in [0.1, 0.15) is 0 Å². The van der Waals surface area contributed by atoms with Crippen molar-refractivity contribution in [2.75, 3.05) is 37.4 Å². The van der Waals surface area contributed by atoms with Crippen molar-refractivity contribution in [2.45, 2.75) is 26.2 Å². The van der Waals surface area contributed by atoms with Crippen molar-refractivity contribution in [1.29, 1.82) is 0 Å². The number of halogens is 1. The molecule has 1 saturated heterocycles. The number of nitrogens with two attached hydrogens (primary N) is 1. The highest BCUT2D eigenvalue weighted by Gasteiger charge is 2.15. The van der Waals surface area contributed by atoms with E-state index in [1.54, 1.807) is 6.07 Å². The van der Waals surface area contributed by atoms with Crippen molar-refractivity contribution >= 4 is 11.4 Å². The second-order valence-corrected chi connectivity index (χ2v) is 5.16. The Hall–Kier alpha value is -1.49. The lowest BCUT2D eigenvalue weighted by Gasteiger charge is -2.14. The zero-order valence-corrected chi connectivity index (χ0v) is 12.0. The van der Waals surface area contributed by atoms with Gasteiger partial charge in [0.05, 0.1) is 18.0 Å². The van der Waals surface area contributed by atoms with Crippen LogP contribution >= 0.6 is 0 Å². The third-order valence-electron chi connectivity index (χ3n) is 3.46. The summed E-state index contributed by atoms with van der Waals surface area (Å²) in [7, 11) is 0. The number of benzene rings is 1. The van der Waals surface area contributed by atoms with Crippen LogP contribution in [0.3, 0.4) is 0 Å². The molecule has 0 radical (unpaired) electrons. The fourth-order valence-corrected chi connectivity index (χ4v) is 2.27. The van der Waals surface area contributed by atoms with Crippen LogP contribution in [0.5, 0.6) is 5.75 Å². The van der Waals surface area contributed by atoms with Gasteiger partial charge in [0.25, 0.3) is 0 Å². The maximum atomic E-state index is 13.7. The van der Waals surface area contributed by atoms with E-state index in [1.807, 2.05) is 6.92 Å². The minimum Gasteiger partial charge on any atom is -0.490 e. The number of nitrogens with one attached hydrogen (secondary N) is 1. The Bertz CT molecular complexity index is 434. The second kappa shape index (κ2) is 7.33. The highest BCUT2D eigenvalue weighted by Crippen LogP contribution is 2.28. The van der Waals surface area contributed by atoms with Gasteiger partial charge < -0.3 is 20.5 Å². The molecule has 0 spiro atoms. The molecule has 112 valence electrons. The van der Waals surface area contributed by atoms with Crippen molar-refractivity contribution in [1.82, 2.24) is 0 Å². The Balaban J connectivity index is 1.91. The number of nitrogen functional groups attached to an aromatic ring is 1. The first kappa shape index (κ1) is 14.9. The minimum absolute atomic E-state index is 0.257. The molecule has 3 N–H and O–H groups in total. The molecule has 0 amide bonds. The molecule has 1 fully saturated rings. The molecular weight excluding hydrogens is 259 g/mol. The van der Waals surface area contributed by atoms with Crippen molar-refractivity contribution in [2.24, 2.45) is 5.92 Å². The smallest absolute Gasteiger partial charge is 0.167 e. The largest absolute Gasteiger partial charge is 0.490 e. The topological polar surface area (TPSA) is 56.5 Å². The van der Waals surface area contributed by atoms with Gasteiger partial charge in [-0.15, -0.1) is 0 Å². The fourth-order valence-electron chi connectivity index (χ4n) is 2.27. The molecule has 1 aliphatic heterocycles. The van der Waals surface area contributed by atoms with Crippen molar-refractivity contribution in [3.63, 3.8) is 0 Å². The summed E-state index contributed by atoms with van der Waals surface area (Å²) in [6.07, 6.45) is 2.99. The summed E-state index contributed by atoms with van der Waals surface area (Å²) in [5.41, 5.74) is 6.97. The van der Waals surface area contributed by atoms with Crippen LogP contribution in [-0.4, -0.2) is 26.4 Å². The first-order valence-corrected chi connectivity index (χ1v) is 7.24. The van der Waals surface area contributed by atoms with Crippen LogP contribution in [0.4, 0.5) is 15.8 Å². The molecule has 20 heavy (non-hydrogen) atoms.